The summed E-state index contributed by atoms with van der Waals surface area (Å²) in [5.41, 5.74) is -0.259. The first-order chi connectivity index (χ1) is 14.3. The number of nitro groups is 1. The Morgan fingerprint density at radius 1 is 1.07 bits per heavy atom. The van der Waals surface area contributed by atoms with Gasteiger partial charge in [-0.3, -0.25) is 14.9 Å². The van der Waals surface area contributed by atoms with Gasteiger partial charge in [-0.15, -0.1) is 0 Å². The molecule has 0 spiro atoms. The molecular formula is C19H18N2O8S. The van der Waals surface area contributed by atoms with Crippen molar-refractivity contribution in [1.29, 1.82) is 0 Å². The molecule has 158 valence electrons. The third-order valence-electron chi connectivity index (χ3n) is 4.39. The van der Waals surface area contributed by atoms with E-state index in [0.717, 1.165) is 6.07 Å². The summed E-state index contributed by atoms with van der Waals surface area (Å²) in [5, 5.41) is 10.8. The molecule has 1 heterocycles. The fraction of sp³-hybridized carbons (Fsp3) is 0.263. The van der Waals surface area contributed by atoms with E-state index in [2.05, 4.69) is 0 Å². The van der Waals surface area contributed by atoms with Gasteiger partial charge in [0.15, 0.2) is 6.61 Å². The Balaban J connectivity index is 1.69. The van der Waals surface area contributed by atoms with Crippen LogP contribution < -0.4 is 0 Å². The number of carbonyl (C=O) groups is 2. The lowest BCUT2D eigenvalue weighted by atomic mass is 10.1. The van der Waals surface area contributed by atoms with Crippen molar-refractivity contribution >= 4 is 27.5 Å². The van der Waals surface area contributed by atoms with E-state index in [4.69, 9.17) is 9.47 Å². The van der Waals surface area contributed by atoms with Crippen molar-refractivity contribution in [2.24, 2.45) is 0 Å². The summed E-state index contributed by atoms with van der Waals surface area (Å²) in [7, 11) is -3.79. The summed E-state index contributed by atoms with van der Waals surface area (Å²) < 4.78 is 36.8. The van der Waals surface area contributed by atoms with Gasteiger partial charge in [-0.25, -0.2) is 13.2 Å². The summed E-state index contributed by atoms with van der Waals surface area (Å²) in [5.74, 6) is -1.50. The molecule has 0 aliphatic carbocycles. The molecule has 0 atom stereocenters. The maximum absolute atomic E-state index is 12.7. The zero-order valence-electron chi connectivity index (χ0n) is 15.7. The molecule has 0 aromatic heterocycles. The molecule has 0 bridgehead atoms. The molecule has 11 heteroatoms. The van der Waals surface area contributed by atoms with Crippen LogP contribution in [0.2, 0.25) is 0 Å². The number of morpholine rings is 1. The van der Waals surface area contributed by atoms with E-state index in [0.29, 0.717) is 13.2 Å². The number of ketones is 1. The molecule has 0 saturated carbocycles. The normalized spacial score (nSPS) is 14.8. The number of Topliss-reactive ketones (excluding diaryl/α,β-unsaturated/α-hetero) is 1. The molecule has 0 unspecified atom stereocenters. The highest BCUT2D eigenvalue weighted by molar-refractivity contribution is 7.89. The number of hydrogen-bond donors (Lipinski definition) is 0. The fourth-order valence-corrected chi connectivity index (χ4v) is 4.26. The molecule has 2 aromatic carbocycles. The van der Waals surface area contributed by atoms with Crippen LogP contribution >= 0.6 is 0 Å². The highest BCUT2D eigenvalue weighted by Gasteiger charge is 2.27. The monoisotopic (exact) mass is 434 g/mol. The fourth-order valence-electron chi connectivity index (χ4n) is 2.81. The molecule has 30 heavy (non-hydrogen) atoms. The first-order valence-electron chi connectivity index (χ1n) is 8.92. The van der Waals surface area contributed by atoms with E-state index in [9.17, 15) is 28.1 Å². The molecule has 10 nitrogen and oxygen atoms in total. The largest absolute Gasteiger partial charge is 0.454 e. The molecule has 3 rings (SSSR count). The molecule has 0 N–H and O–H groups in total. The van der Waals surface area contributed by atoms with Crippen LogP contribution in [0.15, 0.2) is 53.4 Å². The quantitative estimate of drug-likeness (QED) is 0.278. The Hall–Kier alpha value is -3.15. The molecule has 2 aromatic rings. The van der Waals surface area contributed by atoms with Gasteiger partial charge < -0.3 is 9.47 Å². The smallest absolute Gasteiger partial charge is 0.338 e. The van der Waals surface area contributed by atoms with E-state index >= 15 is 0 Å². The van der Waals surface area contributed by atoms with Crippen LogP contribution in [0.25, 0.3) is 0 Å². The first-order valence-corrected chi connectivity index (χ1v) is 10.4. The third-order valence-corrected chi connectivity index (χ3v) is 6.29. The van der Waals surface area contributed by atoms with E-state index in [1.165, 1.54) is 46.8 Å². The second-order valence-corrected chi connectivity index (χ2v) is 8.29. The van der Waals surface area contributed by atoms with E-state index in [-0.39, 0.29) is 34.8 Å². The van der Waals surface area contributed by atoms with Crippen molar-refractivity contribution in [2.45, 2.75) is 4.90 Å². The van der Waals surface area contributed by atoms with Crippen molar-refractivity contribution in [3.05, 3.63) is 69.8 Å². The third kappa shape index (κ3) is 4.87. The van der Waals surface area contributed by atoms with Crippen LogP contribution in [0, 0.1) is 10.1 Å². The Morgan fingerprint density at radius 3 is 2.43 bits per heavy atom. The Bertz CT molecular complexity index is 1080. The number of benzene rings is 2. The molecule has 1 aliphatic heterocycles. The number of nitro benzene ring substituents is 1. The molecule has 0 amide bonds. The average molecular weight is 434 g/mol. The highest BCUT2D eigenvalue weighted by atomic mass is 32.2. The Morgan fingerprint density at radius 2 is 1.73 bits per heavy atom. The lowest BCUT2D eigenvalue weighted by Gasteiger charge is -2.26. The summed E-state index contributed by atoms with van der Waals surface area (Å²) in [6.45, 7) is 0.380. The zero-order valence-corrected chi connectivity index (χ0v) is 16.5. The van der Waals surface area contributed by atoms with Crippen LogP contribution in [-0.4, -0.2) is 62.3 Å². The van der Waals surface area contributed by atoms with Crippen molar-refractivity contribution < 1.29 is 32.4 Å². The molecule has 1 fully saturated rings. The van der Waals surface area contributed by atoms with Gasteiger partial charge in [0.25, 0.3) is 5.69 Å². The van der Waals surface area contributed by atoms with Crippen molar-refractivity contribution in [1.82, 2.24) is 4.31 Å². The van der Waals surface area contributed by atoms with Crippen LogP contribution in [-0.2, 0) is 19.5 Å². The number of esters is 1. The Labute approximate surface area is 172 Å². The standard InChI is InChI=1S/C19H18N2O8S/c22-18(14-3-1-5-16(11-14)21(24)25)13-29-19(23)15-4-2-6-17(12-15)30(26,27)20-7-9-28-10-8-20/h1-6,11-12H,7-10,13H2. The van der Waals surface area contributed by atoms with E-state index in [1.807, 2.05) is 0 Å². The number of ether oxygens (including phenoxy) is 2. The number of carbonyl (C=O) groups excluding carboxylic acids is 2. The van der Waals surface area contributed by atoms with E-state index in [1.54, 1.807) is 0 Å². The lowest BCUT2D eigenvalue weighted by Crippen LogP contribution is -2.40. The van der Waals surface area contributed by atoms with Crippen LogP contribution in [0.5, 0.6) is 0 Å². The topological polar surface area (TPSA) is 133 Å². The molecule has 1 saturated heterocycles. The van der Waals surface area contributed by atoms with Gasteiger partial charge in [-0.1, -0.05) is 18.2 Å². The number of non-ortho nitro benzene ring substituents is 1. The Kier molecular flexibility index (Phi) is 6.55. The second kappa shape index (κ2) is 9.11. The van der Waals surface area contributed by atoms with Crippen molar-refractivity contribution in [2.75, 3.05) is 32.9 Å². The minimum absolute atomic E-state index is 0.0284. The molecule has 1 aliphatic rings. The van der Waals surface area contributed by atoms with E-state index < -0.39 is 33.3 Å². The second-order valence-electron chi connectivity index (χ2n) is 6.35. The van der Waals surface area contributed by atoms with Gasteiger partial charge in [-0.2, -0.15) is 4.31 Å². The van der Waals surface area contributed by atoms with Gasteiger partial charge in [0, 0.05) is 30.8 Å². The first kappa shape index (κ1) is 21.6. The van der Waals surface area contributed by atoms with Crippen LogP contribution in [0.3, 0.4) is 0 Å². The number of nitrogens with zero attached hydrogens (tertiary/aromatic N) is 2. The lowest BCUT2D eigenvalue weighted by molar-refractivity contribution is -0.384. The van der Waals surface area contributed by atoms with Crippen molar-refractivity contribution in [3.8, 4) is 0 Å². The van der Waals surface area contributed by atoms with Gasteiger partial charge in [0.1, 0.15) is 0 Å². The minimum Gasteiger partial charge on any atom is -0.454 e. The van der Waals surface area contributed by atoms with Gasteiger partial charge >= 0.3 is 5.97 Å². The molecule has 0 radical (unpaired) electrons. The minimum atomic E-state index is -3.79. The maximum Gasteiger partial charge on any atom is 0.338 e. The summed E-state index contributed by atoms with van der Waals surface area (Å²) in [6, 6.07) is 10.4. The highest BCUT2D eigenvalue weighted by Crippen LogP contribution is 2.19. The maximum atomic E-state index is 12.7. The summed E-state index contributed by atoms with van der Waals surface area (Å²) >= 11 is 0. The predicted octanol–water partition coefficient (Wildman–Crippen LogP) is 1.66. The number of sulfonamides is 1. The number of hydrogen-bond acceptors (Lipinski definition) is 8. The van der Waals surface area contributed by atoms with Crippen molar-refractivity contribution in [3.63, 3.8) is 0 Å². The summed E-state index contributed by atoms with van der Waals surface area (Å²) in [4.78, 5) is 34.6. The van der Waals surface area contributed by atoms with Crippen LogP contribution in [0.1, 0.15) is 20.7 Å². The van der Waals surface area contributed by atoms with Gasteiger partial charge in [0.05, 0.1) is 28.6 Å². The number of rotatable bonds is 7. The summed E-state index contributed by atoms with van der Waals surface area (Å²) in [6.07, 6.45) is 0. The zero-order chi connectivity index (χ0) is 21.7. The van der Waals surface area contributed by atoms with Crippen LogP contribution in [0.4, 0.5) is 5.69 Å². The average Bonchev–Trinajstić information content (AvgIpc) is 2.78. The SMILES string of the molecule is O=C(COC(=O)c1cccc(S(=O)(=O)N2CCOCC2)c1)c1cccc([N+](=O)[O-])c1. The van der Waals surface area contributed by atoms with Gasteiger partial charge in [-0.05, 0) is 18.2 Å². The van der Waals surface area contributed by atoms with Gasteiger partial charge in [0.2, 0.25) is 15.8 Å². The molecular weight excluding hydrogens is 416 g/mol. The predicted molar refractivity (Wildman–Crippen MR) is 104 cm³/mol.